The minimum absolute atomic E-state index is 0.427. The normalized spacial score (nSPS) is 18.0. The van der Waals surface area contributed by atoms with E-state index in [1.165, 1.54) is 30.3 Å². The topological polar surface area (TPSA) is 64.3 Å². The Morgan fingerprint density at radius 3 is 2.74 bits per heavy atom. The van der Waals surface area contributed by atoms with E-state index in [0.717, 1.165) is 24.5 Å². The summed E-state index contributed by atoms with van der Waals surface area (Å²) in [5, 5.41) is 0. The zero-order chi connectivity index (χ0) is 16.4. The van der Waals surface area contributed by atoms with Crippen LogP contribution in [0.5, 0.6) is 11.6 Å². The smallest absolute Gasteiger partial charge is 0.248 e. The molecule has 5 nitrogen and oxygen atoms in total. The first-order chi connectivity index (χ1) is 11.1. The molecule has 3 rings (SSSR count). The largest absolute Gasteiger partial charge is 0.437 e. The Morgan fingerprint density at radius 1 is 1.17 bits per heavy atom. The van der Waals surface area contributed by atoms with Gasteiger partial charge in [-0.3, -0.25) is 0 Å². The van der Waals surface area contributed by atoms with Crippen LogP contribution in [-0.4, -0.2) is 22.6 Å². The number of ether oxygens (including phenoxy) is 1. The van der Waals surface area contributed by atoms with Crippen LogP contribution < -0.4 is 15.4 Å². The maximum atomic E-state index is 6.30. The van der Waals surface area contributed by atoms with Gasteiger partial charge in [-0.05, 0) is 63.3 Å². The molecular weight excluding hydrogens is 288 g/mol. The van der Waals surface area contributed by atoms with E-state index < -0.39 is 0 Å². The molecule has 122 valence electrons. The fraction of sp³-hybridized carbons (Fsp3) is 0.444. The van der Waals surface area contributed by atoms with Crippen molar-refractivity contribution in [2.24, 2.45) is 0 Å². The molecule has 1 atom stereocenters. The minimum atomic E-state index is 0.427. The number of hydrogen-bond acceptors (Lipinski definition) is 5. The summed E-state index contributed by atoms with van der Waals surface area (Å²) in [6, 6.07) is 6.42. The first-order valence-electron chi connectivity index (χ1n) is 8.18. The first kappa shape index (κ1) is 15.6. The van der Waals surface area contributed by atoms with Gasteiger partial charge in [-0.1, -0.05) is 6.07 Å². The molecule has 2 N–H and O–H groups in total. The van der Waals surface area contributed by atoms with Gasteiger partial charge in [-0.2, -0.15) is 4.98 Å². The number of anilines is 2. The number of piperidine rings is 1. The maximum Gasteiger partial charge on any atom is 0.248 e. The molecule has 2 aromatic rings. The number of nitrogens with two attached hydrogens (primary N) is 1. The summed E-state index contributed by atoms with van der Waals surface area (Å²) in [6.07, 6.45) is 5.12. The Morgan fingerprint density at radius 2 is 2.00 bits per heavy atom. The molecule has 5 heteroatoms. The monoisotopic (exact) mass is 312 g/mol. The van der Waals surface area contributed by atoms with Crippen LogP contribution >= 0.6 is 0 Å². The van der Waals surface area contributed by atoms with E-state index >= 15 is 0 Å². The minimum Gasteiger partial charge on any atom is -0.437 e. The van der Waals surface area contributed by atoms with Gasteiger partial charge in [0.05, 0.1) is 0 Å². The van der Waals surface area contributed by atoms with Crippen LogP contribution in [0.2, 0.25) is 0 Å². The molecule has 0 amide bonds. The molecule has 2 heterocycles. The zero-order valence-corrected chi connectivity index (χ0v) is 14.0. The van der Waals surface area contributed by atoms with Crippen molar-refractivity contribution in [1.82, 2.24) is 9.97 Å². The van der Waals surface area contributed by atoms with E-state index in [9.17, 15) is 0 Å². The Balaban J connectivity index is 1.88. The molecule has 1 fully saturated rings. The van der Waals surface area contributed by atoms with Crippen molar-refractivity contribution >= 4 is 11.5 Å². The highest BCUT2D eigenvalue weighted by atomic mass is 16.5. The number of rotatable bonds is 3. The highest BCUT2D eigenvalue weighted by Gasteiger charge is 2.23. The van der Waals surface area contributed by atoms with E-state index in [0.29, 0.717) is 17.6 Å². The third-order valence-corrected chi connectivity index (χ3v) is 4.59. The average Bonchev–Trinajstić information content (AvgIpc) is 2.54. The lowest BCUT2D eigenvalue weighted by Gasteiger charge is -2.35. The van der Waals surface area contributed by atoms with Gasteiger partial charge in [0.15, 0.2) is 5.82 Å². The number of aromatic nitrogens is 2. The Kier molecular flexibility index (Phi) is 4.37. The Hall–Kier alpha value is -2.30. The highest BCUT2D eigenvalue weighted by molar-refractivity contribution is 5.68. The van der Waals surface area contributed by atoms with Crippen LogP contribution in [0, 0.1) is 13.8 Å². The Labute approximate surface area is 137 Å². The summed E-state index contributed by atoms with van der Waals surface area (Å²) >= 11 is 0. The second kappa shape index (κ2) is 6.44. The van der Waals surface area contributed by atoms with Crippen molar-refractivity contribution in [3.63, 3.8) is 0 Å². The van der Waals surface area contributed by atoms with Gasteiger partial charge >= 0.3 is 0 Å². The summed E-state index contributed by atoms with van der Waals surface area (Å²) in [4.78, 5) is 10.9. The van der Waals surface area contributed by atoms with Crippen LogP contribution in [0.15, 0.2) is 24.5 Å². The van der Waals surface area contributed by atoms with Gasteiger partial charge < -0.3 is 15.4 Å². The molecule has 0 saturated carbocycles. The van der Waals surface area contributed by atoms with Crippen molar-refractivity contribution in [3.8, 4) is 11.6 Å². The number of hydrogen-bond donors (Lipinski definition) is 1. The van der Waals surface area contributed by atoms with Crippen LogP contribution in [-0.2, 0) is 0 Å². The second-order valence-corrected chi connectivity index (χ2v) is 6.30. The number of nitrogen functional groups attached to an aromatic ring is 1. The molecule has 23 heavy (non-hydrogen) atoms. The third-order valence-electron chi connectivity index (χ3n) is 4.59. The van der Waals surface area contributed by atoms with Gasteiger partial charge in [-0.25, -0.2) is 4.98 Å². The summed E-state index contributed by atoms with van der Waals surface area (Å²) in [5.74, 6) is 1.96. The maximum absolute atomic E-state index is 6.30. The van der Waals surface area contributed by atoms with E-state index in [1.54, 1.807) is 0 Å². The van der Waals surface area contributed by atoms with E-state index in [2.05, 4.69) is 35.6 Å². The molecular formula is C18H24N4O. The van der Waals surface area contributed by atoms with Crippen molar-refractivity contribution in [2.75, 3.05) is 17.2 Å². The molecule has 1 aliphatic rings. The number of aryl methyl sites for hydroxylation is 2. The average molecular weight is 312 g/mol. The van der Waals surface area contributed by atoms with E-state index in [1.807, 2.05) is 18.2 Å². The Bertz CT molecular complexity index is 701. The van der Waals surface area contributed by atoms with Crippen molar-refractivity contribution in [3.05, 3.63) is 35.7 Å². The molecule has 1 aromatic heterocycles. The highest BCUT2D eigenvalue weighted by Crippen LogP contribution is 2.34. The summed E-state index contributed by atoms with van der Waals surface area (Å²) in [5.41, 5.74) is 9.23. The van der Waals surface area contributed by atoms with Crippen molar-refractivity contribution in [1.29, 1.82) is 0 Å². The fourth-order valence-electron chi connectivity index (χ4n) is 2.98. The fourth-order valence-corrected chi connectivity index (χ4v) is 2.98. The first-order valence-corrected chi connectivity index (χ1v) is 8.18. The van der Waals surface area contributed by atoms with Gasteiger partial charge in [0.1, 0.15) is 17.8 Å². The van der Waals surface area contributed by atoms with Gasteiger partial charge in [0.25, 0.3) is 0 Å². The van der Waals surface area contributed by atoms with Gasteiger partial charge in [0, 0.05) is 12.6 Å². The molecule has 1 unspecified atom stereocenters. The van der Waals surface area contributed by atoms with Crippen LogP contribution in [0.1, 0.15) is 37.3 Å². The lowest BCUT2D eigenvalue weighted by atomic mass is 10.0. The standard InChI is InChI=1S/C18H24N4O/c1-12-7-8-15(10-13(12)2)23-18-16(19)17(20-11-21-18)22-9-5-4-6-14(22)3/h7-8,10-11,14H,4-6,9,19H2,1-3H3. The van der Waals surface area contributed by atoms with E-state index in [-0.39, 0.29) is 0 Å². The quantitative estimate of drug-likeness (QED) is 0.932. The molecule has 1 saturated heterocycles. The predicted molar refractivity (Wildman–Crippen MR) is 93.1 cm³/mol. The van der Waals surface area contributed by atoms with Gasteiger partial charge in [0.2, 0.25) is 5.88 Å². The van der Waals surface area contributed by atoms with Crippen LogP contribution in [0.4, 0.5) is 11.5 Å². The lowest BCUT2D eigenvalue weighted by molar-refractivity contribution is 0.458. The summed E-state index contributed by atoms with van der Waals surface area (Å²) in [6.45, 7) is 7.33. The van der Waals surface area contributed by atoms with Crippen LogP contribution in [0.25, 0.3) is 0 Å². The molecule has 0 aliphatic carbocycles. The molecule has 0 bridgehead atoms. The number of benzene rings is 1. The SMILES string of the molecule is Cc1ccc(Oc2ncnc(N3CCCCC3C)c2N)cc1C. The van der Waals surface area contributed by atoms with Gasteiger partial charge in [-0.15, -0.1) is 0 Å². The molecule has 0 spiro atoms. The van der Waals surface area contributed by atoms with Crippen molar-refractivity contribution in [2.45, 2.75) is 46.1 Å². The summed E-state index contributed by atoms with van der Waals surface area (Å²) < 4.78 is 5.91. The zero-order valence-electron chi connectivity index (χ0n) is 14.0. The molecule has 0 radical (unpaired) electrons. The lowest BCUT2D eigenvalue weighted by Crippen LogP contribution is -2.38. The predicted octanol–water partition coefficient (Wildman–Crippen LogP) is 3.85. The number of nitrogens with zero attached hydrogens (tertiary/aromatic N) is 3. The summed E-state index contributed by atoms with van der Waals surface area (Å²) in [7, 11) is 0. The second-order valence-electron chi connectivity index (χ2n) is 6.30. The van der Waals surface area contributed by atoms with E-state index in [4.69, 9.17) is 10.5 Å². The third kappa shape index (κ3) is 3.23. The van der Waals surface area contributed by atoms with Crippen molar-refractivity contribution < 1.29 is 4.74 Å². The molecule has 1 aromatic carbocycles. The van der Waals surface area contributed by atoms with Crippen LogP contribution in [0.3, 0.4) is 0 Å². The molecule has 1 aliphatic heterocycles.